The van der Waals surface area contributed by atoms with E-state index in [0.717, 1.165) is 25.8 Å². The Bertz CT molecular complexity index is 284. The molecule has 1 fully saturated rings. The summed E-state index contributed by atoms with van der Waals surface area (Å²) < 4.78 is 0. The number of amides is 1. The average Bonchev–Trinajstić information content (AvgIpc) is 2.36. The fourth-order valence-electron chi connectivity index (χ4n) is 2.43. The van der Waals surface area contributed by atoms with E-state index >= 15 is 0 Å². The first kappa shape index (κ1) is 14.0. The summed E-state index contributed by atoms with van der Waals surface area (Å²) in [6, 6.07) is 0.153. The third-order valence-electron chi connectivity index (χ3n) is 3.38. The molecule has 0 saturated carbocycles. The predicted molar refractivity (Wildman–Crippen MR) is 67.4 cm³/mol. The molecule has 17 heavy (non-hydrogen) atoms. The summed E-state index contributed by atoms with van der Waals surface area (Å²) in [5.74, 6) is 2.38. The van der Waals surface area contributed by atoms with E-state index in [9.17, 15) is 4.79 Å². The van der Waals surface area contributed by atoms with Crippen LogP contribution in [0.1, 0.15) is 32.6 Å². The van der Waals surface area contributed by atoms with Crippen molar-refractivity contribution >= 4 is 5.91 Å². The second kappa shape index (κ2) is 7.31. The number of nitrogens with one attached hydrogen (secondary N) is 1. The molecule has 0 spiro atoms. The quantitative estimate of drug-likeness (QED) is 0.680. The van der Waals surface area contributed by atoms with Gasteiger partial charge in [-0.15, -0.1) is 6.42 Å². The topological polar surface area (TPSA) is 52.6 Å². The minimum atomic E-state index is -0.166. The van der Waals surface area contributed by atoms with Gasteiger partial charge in [0.1, 0.15) is 0 Å². The van der Waals surface area contributed by atoms with Crippen molar-refractivity contribution < 1.29 is 9.90 Å². The highest BCUT2D eigenvalue weighted by Gasteiger charge is 2.29. The highest BCUT2D eigenvalue weighted by Crippen LogP contribution is 2.21. The molecule has 2 N–H and O–H groups in total. The van der Waals surface area contributed by atoms with E-state index in [1.807, 2.05) is 6.92 Å². The van der Waals surface area contributed by atoms with Gasteiger partial charge in [0.2, 0.25) is 5.91 Å². The molecule has 4 heteroatoms. The third-order valence-corrected chi connectivity index (χ3v) is 3.38. The van der Waals surface area contributed by atoms with Crippen LogP contribution in [-0.2, 0) is 4.79 Å². The van der Waals surface area contributed by atoms with Gasteiger partial charge >= 0.3 is 0 Å². The minimum Gasteiger partial charge on any atom is -0.396 e. The number of rotatable bonds is 5. The number of likely N-dealkylation sites (tertiary alicyclic amines) is 1. The number of carbonyl (C=O) groups excluding carboxylic acids is 1. The van der Waals surface area contributed by atoms with Crippen molar-refractivity contribution in [1.29, 1.82) is 0 Å². The van der Waals surface area contributed by atoms with E-state index in [-0.39, 0.29) is 25.1 Å². The molecule has 0 bridgehead atoms. The molecule has 96 valence electrons. The van der Waals surface area contributed by atoms with Crippen molar-refractivity contribution in [3.8, 4) is 12.3 Å². The van der Waals surface area contributed by atoms with Crippen LogP contribution in [-0.4, -0.2) is 47.7 Å². The first-order valence-electron chi connectivity index (χ1n) is 6.28. The lowest BCUT2D eigenvalue weighted by molar-refractivity contribution is -0.127. The van der Waals surface area contributed by atoms with Crippen molar-refractivity contribution in [1.82, 2.24) is 10.2 Å². The Morgan fingerprint density at radius 2 is 2.41 bits per heavy atom. The molecule has 4 nitrogen and oxygen atoms in total. The van der Waals surface area contributed by atoms with Crippen LogP contribution in [0.5, 0.6) is 0 Å². The van der Waals surface area contributed by atoms with Crippen LogP contribution in [0.25, 0.3) is 0 Å². The van der Waals surface area contributed by atoms with Gasteiger partial charge in [-0.1, -0.05) is 12.3 Å². The zero-order chi connectivity index (χ0) is 12.7. The van der Waals surface area contributed by atoms with Gasteiger partial charge in [0.15, 0.2) is 0 Å². The second-order valence-corrected chi connectivity index (χ2v) is 4.50. The van der Waals surface area contributed by atoms with E-state index in [1.165, 1.54) is 6.42 Å². The number of hydrogen-bond acceptors (Lipinski definition) is 3. The van der Waals surface area contributed by atoms with Gasteiger partial charge in [0, 0.05) is 12.6 Å². The lowest BCUT2D eigenvalue weighted by atomic mass is 9.97. The maximum absolute atomic E-state index is 11.8. The largest absolute Gasteiger partial charge is 0.396 e. The van der Waals surface area contributed by atoms with Crippen LogP contribution in [0, 0.1) is 12.3 Å². The van der Waals surface area contributed by atoms with Crippen LogP contribution < -0.4 is 5.32 Å². The third kappa shape index (κ3) is 4.03. The molecular formula is C13H22N2O2. The van der Waals surface area contributed by atoms with Gasteiger partial charge in [0.05, 0.1) is 12.6 Å². The molecule has 0 radical (unpaired) electrons. The number of aliphatic hydroxyl groups is 1. The Hall–Kier alpha value is -1.05. The van der Waals surface area contributed by atoms with Gasteiger partial charge < -0.3 is 10.4 Å². The zero-order valence-electron chi connectivity index (χ0n) is 10.5. The highest BCUT2D eigenvalue weighted by molar-refractivity contribution is 5.81. The molecule has 1 rings (SSSR count). The number of hydrogen-bond donors (Lipinski definition) is 2. The zero-order valence-corrected chi connectivity index (χ0v) is 10.5. The molecule has 1 aliphatic rings. The van der Waals surface area contributed by atoms with E-state index in [1.54, 1.807) is 0 Å². The molecule has 1 aliphatic heterocycles. The van der Waals surface area contributed by atoms with Gasteiger partial charge in [-0.05, 0) is 32.7 Å². The molecule has 2 atom stereocenters. The van der Waals surface area contributed by atoms with E-state index < -0.39 is 0 Å². The van der Waals surface area contributed by atoms with Gasteiger partial charge in [-0.2, -0.15) is 0 Å². The first-order chi connectivity index (χ1) is 8.20. The summed E-state index contributed by atoms with van der Waals surface area (Å²) in [5, 5.41) is 11.8. The van der Waals surface area contributed by atoms with Gasteiger partial charge in [-0.3, -0.25) is 9.69 Å². The van der Waals surface area contributed by atoms with E-state index in [2.05, 4.69) is 16.1 Å². The number of piperidine rings is 1. The molecular weight excluding hydrogens is 216 g/mol. The summed E-state index contributed by atoms with van der Waals surface area (Å²) in [5.41, 5.74) is 0. The lowest BCUT2D eigenvalue weighted by Gasteiger charge is -2.38. The van der Waals surface area contributed by atoms with E-state index in [4.69, 9.17) is 11.5 Å². The Labute approximate surface area is 103 Å². The Morgan fingerprint density at radius 1 is 1.65 bits per heavy atom. The molecule has 1 amide bonds. The molecule has 1 saturated heterocycles. The van der Waals surface area contributed by atoms with Gasteiger partial charge in [-0.25, -0.2) is 0 Å². The van der Waals surface area contributed by atoms with Crippen LogP contribution in [0.2, 0.25) is 0 Å². The van der Waals surface area contributed by atoms with Crippen molar-refractivity contribution in [3.05, 3.63) is 0 Å². The normalized spacial score (nSPS) is 22.8. The Kier molecular flexibility index (Phi) is 6.03. The predicted octanol–water partition coefficient (Wildman–Crippen LogP) is 0.361. The fourth-order valence-corrected chi connectivity index (χ4v) is 2.43. The molecule has 0 aromatic carbocycles. The summed E-state index contributed by atoms with van der Waals surface area (Å²) in [4.78, 5) is 14.0. The maximum Gasteiger partial charge on any atom is 0.237 e. The maximum atomic E-state index is 11.8. The molecule has 2 unspecified atom stereocenters. The first-order valence-corrected chi connectivity index (χ1v) is 6.28. The van der Waals surface area contributed by atoms with Crippen LogP contribution >= 0.6 is 0 Å². The fraction of sp³-hybridized carbons (Fsp3) is 0.769. The van der Waals surface area contributed by atoms with Crippen molar-refractivity contribution in [3.63, 3.8) is 0 Å². The summed E-state index contributed by atoms with van der Waals surface area (Å²) in [6.45, 7) is 3.29. The van der Waals surface area contributed by atoms with Crippen molar-refractivity contribution in [2.75, 3.05) is 19.7 Å². The molecule has 1 heterocycles. The second-order valence-electron chi connectivity index (χ2n) is 4.50. The average molecular weight is 238 g/mol. The van der Waals surface area contributed by atoms with Gasteiger partial charge in [0.25, 0.3) is 0 Å². The minimum absolute atomic E-state index is 0.0206. The SMILES string of the molecule is C#CCNC(=O)C(C)N1CCCCC1CCO. The van der Waals surface area contributed by atoms with Crippen LogP contribution in [0.3, 0.4) is 0 Å². The number of aliphatic hydroxyl groups excluding tert-OH is 1. The monoisotopic (exact) mass is 238 g/mol. The summed E-state index contributed by atoms with van der Waals surface area (Å²) in [6.07, 6.45) is 9.22. The molecule has 0 aliphatic carbocycles. The Balaban J connectivity index is 2.54. The smallest absolute Gasteiger partial charge is 0.237 e. The lowest BCUT2D eigenvalue weighted by Crippen LogP contribution is -2.52. The number of carbonyl (C=O) groups is 1. The standard InChI is InChI=1S/C13H22N2O2/c1-3-8-14-13(17)11(2)15-9-5-4-6-12(15)7-10-16/h1,11-12,16H,4-10H2,2H3,(H,14,17). The van der Waals surface area contributed by atoms with E-state index in [0.29, 0.717) is 6.04 Å². The van der Waals surface area contributed by atoms with Crippen molar-refractivity contribution in [2.45, 2.75) is 44.7 Å². The Morgan fingerprint density at radius 3 is 3.06 bits per heavy atom. The number of terminal acetylenes is 1. The van der Waals surface area contributed by atoms with Crippen LogP contribution in [0.15, 0.2) is 0 Å². The summed E-state index contributed by atoms with van der Waals surface area (Å²) >= 11 is 0. The summed E-state index contributed by atoms with van der Waals surface area (Å²) in [7, 11) is 0. The molecule has 0 aromatic heterocycles. The number of nitrogens with zero attached hydrogens (tertiary/aromatic N) is 1. The van der Waals surface area contributed by atoms with Crippen LogP contribution in [0.4, 0.5) is 0 Å². The molecule has 0 aromatic rings. The highest BCUT2D eigenvalue weighted by atomic mass is 16.3. The van der Waals surface area contributed by atoms with Crippen molar-refractivity contribution in [2.24, 2.45) is 0 Å².